The van der Waals surface area contributed by atoms with Crippen molar-refractivity contribution >= 4 is 22.7 Å². The summed E-state index contributed by atoms with van der Waals surface area (Å²) in [6, 6.07) is 12.0. The van der Waals surface area contributed by atoms with Crippen molar-refractivity contribution in [2.45, 2.75) is 39.3 Å². The van der Waals surface area contributed by atoms with Gasteiger partial charge in [-0.25, -0.2) is 4.98 Å². The molecule has 0 fully saturated rings. The summed E-state index contributed by atoms with van der Waals surface area (Å²) in [5, 5.41) is 0.474. The van der Waals surface area contributed by atoms with Crippen LogP contribution in [0, 0.1) is 6.92 Å². The maximum absolute atomic E-state index is 12.5. The van der Waals surface area contributed by atoms with E-state index < -0.39 is 17.9 Å². The number of rotatable bonds is 4. The van der Waals surface area contributed by atoms with Crippen LogP contribution in [0.5, 0.6) is 5.75 Å². The van der Waals surface area contributed by atoms with Gasteiger partial charge in [0.2, 0.25) is 0 Å². The number of hydrogen-bond donors (Lipinski definition) is 2. The van der Waals surface area contributed by atoms with Gasteiger partial charge < -0.3 is 4.74 Å². The number of aryl methyl sites for hydroxylation is 2. The van der Waals surface area contributed by atoms with Crippen LogP contribution >= 0.6 is 0 Å². The Morgan fingerprint density at radius 3 is 2.80 bits per heavy atom. The standard InChI is InChI=1S/C22H22N4O4/c1-13-5-3-6-16(11-13)30-14(2)20(27)24-25-21(28)15-8-9-17-18(12-15)23-19-7-4-10-26(19)22(17)29/h3,5-6,8-9,11-12,14H,4,7,10H2,1-2H3,(H,24,27)(H,25,28)/t14-/m0/s1. The molecule has 1 atom stereocenters. The van der Waals surface area contributed by atoms with Gasteiger partial charge in [-0.05, 0) is 56.2 Å². The molecule has 0 bridgehead atoms. The van der Waals surface area contributed by atoms with Crippen molar-refractivity contribution in [1.82, 2.24) is 20.4 Å². The van der Waals surface area contributed by atoms with Crippen molar-refractivity contribution in [3.63, 3.8) is 0 Å². The van der Waals surface area contributed by atoms with E-state index in [2.05, 4.69) is 15.8 Å². The minimum Gasteiger partial charge on any atom is -0.481 e. The number of amides is 2. The first-order valence-electron chi connectivity index (χ1n) is 9.79. The van der Waals surface area contributed by atoms with Crippen LogP contribution in [0.25, 0.3) is 10.9 Å². The summed E-state index contributed by atoms with van der Waals surface area (Å²) in [7, 11) is 0. The third-order valence-corrected chi connectivity index (χ3v) is 5.05. The molecule has 1 aliphatic heterocycles. The molecule has 2 N–H and O–H groups in total. The number of carbonyl (C=O) groups excluding carboxylic acids is 2. The highest BCUT2D eigenvalue weighted by molar-refractivity contribution is 5.98. The second-order valence-electron chi connectivity index (χ2n) is 7.34. The average Bonchev–Trinajstić information content (AvgIpc) is 3.20. The predicted molar refractivity (Wildman–Crippen MR) is 111 cm³/mol. The van der Waals surface area contributed by atoms with Crippen LogP contribution in [0.4, 0.5) is 0 Å². The monoisotopic (exact) mass is 406 g/mol. The summed E-state index contributed by atoms with van der Waals surface area (Å²) in [6.45, 7) is 4.20. The lowest BCUT2D eigenvalue weighted by atomic mass is 10.1. The number of carbonyl (C=O) groups is 2. The maximum Gasteiger partial charge on any atom is 0.279 e. The fraction of sp³-hybridized carbons (Fsp3) is 0.273. The first-order chi connectivity index (χ1) is 14.4. The van der Waals surface area contributed by atoms with Crippen molar-refractivity contribution in [2.24, 2.45) is 0 Å². The molecule has 3 aromatic rings. The Labute approximate surface area is 172 Å². The van der Waals surface area contributed by atoms with Gasteiger partial charge in [0, 0.05) is 18.5 Å². The van der Waals surface area contributed by atoms with Gasteiger partial charge >= 0.3 is 0 Å². The SMILES string of the molecule is Cc1cccc(O[C@@H](C)C(=O)NNC(=O)c2ccc3c(=O)n4c(nc3c2)CCC4)c1. The summed E-state index contributed by atoms with van der Waals surface area (Å²) < 4.78 is 7.28. The zero-order chi connectivity index (χ0) is 21.3. The number of fused-ring (bicyclic) bond motifs is 2. The van der Waals surface area contributed by atoms with Crippen molar-refractivity contribution in [2.75, 3.05) is 0 Å². The summed E-state index contributed by atoms with van der Waals surface area (Å²) in [6.07, 6.45) is 0.838. The number of nitrogens with one attached hydrogen (secondary N) is 2. The fourth-order valence-corrected chi connectivity index (χ4v) is 3.46. The van der Waals surface area contributed by atoms with E-state index in [-0.39, 0.29) is 5.56 Å². The summed E-state index contributed by atoms with van der Waals surface area (Å²) in [5.74, 6) is 0.319. The Bertz CT molecular complexity index is 1200. The van der Waals surface area contributed by atoms with Crippen LogP contribution in [-0.4, -0.2) is 27.5 Å². The minimum atomic E-state index is -0.798. The largest absolute Gasteiger partial charge is 0.481 e. The number of aromatic nitrogens is 2. The number of ether oxygens (including phenoxy) is 1. The smallest absolute Gasteiger partial charge is 0.279 e. The van der Waals surface area contributed by atoms with E-state index in [1.165, 1.54) is 0 Å². The average molecular weight is 406 g/mol. The summed E-state index contributed by atoms with van der Waals surface area (Å²) in [4.78, 5) is 41.7. The highest BCUT2D eigenvalue weighted by Gasteiger charge is 2.18. The first kappa shape index (κ1) is 19.6. The normalized spacial score (nSPS) is 13.5. The Morgan fingerprint density at radius 2 is 2.00 bits per heavy atom. The van der Waals surface area contributed by atoms with Crippen molar-refractivity contribution in [3.05, 3.63) is 69.8 Å². The van der Waals surface area contributed by atoms with Crippen LogP contribution in [0.15, 0.2) is 47.3 Å². The molecule has 2 heterocycles. The molecule has 0 spiro atoms. The third kappa shape index (κ3) is 3.89. The quantitative estimate of drug-likeness (QED) is 0.644. The highest BCUT2D eigenvalue weighted by atomic mass is 16.5. The van der Waals surface area contributed by atoms with Crippen LogP contribution in [0.1, 0.15) is 35.1 Å². The molecule has 2 aromatic carbocycles. The van der Waals surface area contributed by atoms with Crippen molar-refractivity contribution in [3.8, 4) is 5.75 Å². The first-order valence-corrected chi connectivity index (χ1v) is 9.79. The van der Waals surface area contributed by atoms with Gasteiger partial charge in [-0.1, -0.05) is 12.1 Å². The fourth-order valence-electron chi connectivity index (χ4n) is 3.46. The molecule has 0 unspecified atom stereocenters. The zero-order valence-electron chi connectivity index (χ0n) is 16.8. The molecule has 8 heteroatoms. The molecule has 30 heavy (non-hydrogen) atoms. The Kier molecular flexibility index (Phi) is 5.22. The number of benzene rings is 2. The van der Waals surface area contributed by atoms with Gasteiger partial charge in [-0.15, -0.1) is 0 Å². The third-order valence-electron chi connectivity index (χ3n) is 5.05. The molecule has 0 radical (unpaired) electrons. The number of hydrazine groups is 1. The molecule has 4 rings (SSSR count). The van der Waals surface area contributed by atoms with E-state index in [0.717, 1.165) is 24.2 Å². The highest BCUT2D eigenvalue weighted by Crippen LogP contribution is 2.16. The Morgan fingerprint density at radius 1 is 1.17 bits per heavy atom. The maximum atomic E-state index is 12.5. The molecule has 0 saturated heterocycles. The molecule has 0 saturated carbocycles. The number of hydrogen-bond acceptors (Lipinski definition) is 5. The predicted octanol–water partition coefficient (Wildman–Crippen LogP) is 1.88. The van der Waals surface area contributed by atoms with Gasteiger partial charge in [0.25, 0.3) is 17.4 Å². The summed E-state index contributed by atoms with van der Waals surface area (Å²) in [5.41, 5.74) is 6.45. The van der Waals surface area contributed by atoms with Crippen molar-refractivity contribution < 1.29 is 14.3 Å². The van der Waals surface area contributed by atoms with E-state index in [1.54, 1.807) is 35.8 Å². The lowest BCUT2D eigenvalue weighted by molar-refractivity contribution is -0.128. The minimum absolute atomic E-state index is 0.0881. The zero-order valence-corrected chi connectivity index (χ0v) is 16.8. The summed E-state index contributed by atoms with van der Waals surface area (Å²) >= 11 is 0. The molecule has 1 aromatic heterocycles. The lowest BCUT2D eigenvalue weighted by Gasteiger charge is -2.15. The Hall–Kier alpha value is -3.68. The van der Waals surface area contributed by atoms with Crippen LogP contribution in [-0.2, 0) is 17.8 Å². The van der Waals surface area contributed by atoms with E-state index in [0.29, 0.717) is 28.8 Å². The molecule has 154 valence electrons. The second-order valence-corrected chi connectivity index (χ2v) is 7.34. The van der Waals surface area contributed by atoms with Gasteiger partial charge in [0.1, 0.15) is 11.6 Å². The van der Waals surface area contributed by atoms with E-state index in [1.807, 2.05) is 25.1 Å². The van der Waals surface area contributed by atoms with E-state index in [9.17, 15) is 14.4 Å². The van der Waals surface area contributed by atoms with Crippen LogP contribution in [0.3, 0.4) is 0 Å². The van der Waals surface area contributed by atoms with Crippen LogP contribution < -0.4 is 21.1 Å². The molecular formula is C22H22N4O4. The van der Waals surface area contributed by atoms with Gasteiger partial charge in [-0.2, -0.15) is 0 Å². The van der Waals surface area contributed by atoms with E-state index >= 15 is 0 Å². The molecular weight excluding hydrogens is 384 g/mol. The van der Waals surface area contributed by atoms with Crippen molar-refractivity contribution in [1.29, 1.82) is 0 Å². The molecule has 8 nitrogen and oxygen atoms in total. The molecule has 2 amide bonds. The van der Waals surface area contributed by atoms with Crippen LogP contribution in [0.2, 0.25) is 0 Å². The Balaban J connectivity index is 1.42. The van der Waals surface area contributed by atoms with Gasteiger partial charge in [-0.3, -0.25) is 29.8 Å². The topological polar surface area (TPSA) is 102 Å². The number of nitrogens with zero attached hydrogens (tertiary/aromatic N) is 2. The lowest BCUT2D eigenvalue weighted by Crippen LogP contribution is -2.47. The molecule has 1 aliphatic rings. The van der Waals surface area contributed by atoms with Gasteiger partial charge in [0.05, 0.1) is 10.9 Å². The van der Waals surface area contributed by atoms with Gasteiger partial charge in [0.15, 0.2) is 6.10 Å². The molecule has 0 aliphatic carbocycles. The van der Waals surface area contributed by atoms with E-state index in [4.69, 9.17) is 4.74 Å². The second kappa shape index (κ2) is 7.98.